The number of para-hydroxylation sites is 1. The maximum Gasteiger partial charge on any atom is 0.242 e. The highest BCUT2D eigenvalue weighted by Gasteiger charge is 2.46. The van der Waals surface area contributed by atoms with Crippen LogP contribution in [0.5, 0.6) is 0 Å². The van der Waals surface area contributed by atoms with E-state index in [4.69, 9.17) is 23.2 Å². The van der Waals surface area contributed by atoms with Crippen LogP contribution in [0.15, 0.2) is 53.5 Å². The summed E-state index contributed by atoms with van der Waals surface area (Å²) in [5.74, 6) is -0.346. The summed E-state index contributed by atoms with van der Waals surface area (Å²) in [4.78, 5) is 31.8. The van der Waals surface area contributed by atoms with Crippen LogP contribution in [0, 0.1) is 0 Å². The molecule has 2 aromatic carbocycles. The zero-order chi connectivity index (χ0) is 19.7. The molecule has 0 spiro atoms. The van der Waals surface area contributed by atoms with Crippen LogP contribution in [-0.2, 0) is 9.59 Å². The molecule has 1 saturated heterocycles. The number of thioether (sulfide) groups is 1. The number of aliphatic imine (C=N–C) groups is 1. The Bertz CT molecular complexity index is 948. The topological polar surface area (TPSA) is 61.8 Å². The fourth-order valence-electron chi connectivity index (χ4n) is 2.94. The zero-order valence-electron chi connectivity index (χ0n) is 14.8. The van der Waals surface area contributed by atoms with Crippen molar-refractivity contribution in [1.82, 2.24) is 4.90 Å². The molecule has 2 fully saturated rings. The van der Waals surface area contributed by atoms with Gasteiger partial charge in [-0.15, -0.1) is 0 Å². The van der Waals surface area contributed by atoms with Gasteiger partial charge in [-0.25, -0.2) is 4.99 Å². The van der Waals surface area contributed by atoms with Crippen LogP contribution in [0.3, 0.4) is 0 Å². The largest absolute Gasteiger partial charge is 0.325 e. The molecule has 0 aromatic heterocycles. The Morgan fingerprint density at radius 3 is 2.61 bits per heavy atom. The Labute approximate surface area is 177 Å². The first-order chi connectivity index (χ1) is 13.5. The normalized spacial score (nSPS) is 20.6. The van der Waals surface area contributed by atoms with Gasteiger partial charge < -0.3 is 5.32 Å². The van der Waals surface area contributed by atoms with E-state index < -0.39 is 5.25 Å². The van der Waals surface area contributed by atoms with Crippen molar-refractivity contribution in [1.29, 1.82) is 0 Å². The van der Waals surface area contributed by atoms with Crippen LogP contribution in [0.4, 0.5) is 11.4 Å². The minimum Gasteiger partial charge on any atom is -0.325 e. The number of carbonyl (C=O) groups is 2. The standard InChI is InChI=1S/C20H17Cl2N3O2S/c21-14-7-4-8-15(18(14)22)24-17(26)11-16-19(27)25(13-9-10-13)20(28-16)23-12-5-2-1-3-6-12/h1-8,13,16H,9-11H2,(H,24,26). The van der Waals surface area contributed by atoms with Gasteiger partial charge >= 0.3 is 0 Å². The van der Waals surface area contributed by atoms with Gasteiger partial charge in [0.1, 0.15) is 5.25 Å². The van der Waals surface area contributed by atoms with Crippen molar-refractivity contribution >= 4 is 63.3 Å². The molecule has 1 unspecified atom stereocenters. The van der Waals surface area contributed by atoms with Crippen molar-refractivity contribution in [2.75, 3.05) is 5.32 Å². The van der Waals surface area contributed by atoms with Gasteiger partial charge in [-0.1, -0.05) is 59.2 Å². The quantitative estimate of drug-likeness (QED) is 0.711. The first-order valence-corrected chi connectivity index (χ1v) is 10.5. The predicted molar refractivity (Wildman–Crippen MR) is 114 cm³/mol. The van der Waals surface area contributed by atoms with Crippen LogP contribution < -0.4 is 5.32 Å². The summed E-state index contributed by atoms with van der Waals surface area (Å²) >= 11 is 13.4. The van der Waals surface area contributed by atoms with E-state index in [-0.39, 0.29) is 29.3 Å². The number of rotatable bonds is 5. The van der Waals surface area contributed by atoms with E-state index >= 15 is 0 Å². The minimum absolute atomic E-state index is 0.0450. The number of nitrogens with zero attached hydrogens (tertiary/aromatic N) is 2. The summed E-state index contributed by atoms with van der Waals surface area (Å²) in [6.07, 6.45) is 1.98. The first-order valence-electron chi connectivity index (χ1n) is 8.90. The van der Waals surface area contributed by atoms with Crippen LogP contribution >= 0.6 is 35.0 Å². The molecule has 0 bridgehead atoms. The smallest absolute Gasteiger partial charge is 0.242 e. The predicted octanol–water partition coefficient (Wildman–Crippen LogP) is 5.12. The lowest BCUT2D eigenvalue weighted by atomic mass is 10.2. The number of hydrogen-bond acceptors (Lipinski definition) is 4. The third-order valence-corrected chi connectivity index (χ3v) is 6.43. The summed E-state index contributed by atoms with van der Waals surface area (Å²) in [5.41, 5.74) is 1.23. The summed E-state index contributed by atoms with van der Waals surface area (Å²) < 4.78 is 0. The number of amidine groups is 1. The summed E-state index contributed by atoms with van der Waals surface area (Å²) in [7, 11) is 0. The van der Waals surface area contributed by atoms with Crippen molar-refractivity contribution < 1.29 is 9.59 Å². The Morgan fingerprint density at radius 2 is 1.89 bits per heavy atom. The van der Waals surface area contributed by atoms with Crippen LogP contribution in [0.2, 0.25) is 10.0 Å². The lowest BCUT2D eigenvalue weighted by Gasteiger charge is -2.15. The molecule has 1 atom stereocenters. The Kier molecular flexibility index (Phi) is 5.62. The molecule has 1 N–H and O–H groups in total. The van der Waals surface area contributed by atoms with E-state index in [1.54, 1.807) is 23.1 Å². The van der Waals surface area contributed by atoms with Gasteiger partial charge in [-0.2, -0.15) is 0 Å². The SMILES string of the molecule is O=C(CC1SC(=Nc2ccccc2)N(C2CC2)C1=O)Nc1cccc(Cl)c1Cl. The molecule has 28 heavy (non-hydrogen) atoms. The molecule has 5 nitrogen and oxygen atoms in total. The number of carbonyl (C=O) groups excluding carboxylic acids is 2. The fraction of sp³-hybridized carbons (Fsp3) is 0.250. The molecular weight excluding hydrogens is 417 g/mol. The van der Waals surface area contributed by atoms with E-state index in [0.29, 0.717) is 15.9 Å². The number of halogens is 2. The number of hydrogen-bond donors (Lipinski definition) is 1. The second-order valence-corrected chi connectivity index (χ2v) is 8.58. The van der Waals surface area contributed by atoms with Crippen LogP contribution in [0.25, 0.3) is 0 Å². The molecule has 1 aliphatic carbocycles. The zero-order valence-corrected chi connectivity index (χ0v) is 17.1. The molecule has 4 rings (SSSR count). The second-order valence-electron chi connectivity index (χ2n) is 6.63. The highest BCUT2D eigenvalue weighted by atomic mass is 35.5. The van der Waals surface area contributed by atoms with Gasteiger partial charge in [0.15, 0.2) is 5.17 Å². The number of amides is 2. The van der Waals surface area contributed by atoms with Crippen molar-refractivity contribution in [3.63, 3.8) is 0 Å². The molecule has 8 heteroatoms. The van der Waals surface area contributed by atoms with E-state index in [1.165, 1.54) is 11.8 Å². The second kappa shape index (κ2) is 8.15. The van der Waals surface area contributed by atoms with Gasteiger partial charge in [0.2, 0.25) is 11.8 Å². The lowest BCUT2D eigenvalue weighted by molar-refractivity contribution is -0.128. The van der Waals surface area contributed by atoms with Gasteiger partial charge in [0.05, 0.1) is 21.4 Å². The van der Waals surface area contributed by atoms with Gasteiger partial charge in [0.25, 0.3) is 0 Å². The van der Waals surface area contributed by atoms with Gasteiger partial charge in [-0.05, 0) is 37.1 Å². The van der Waals surface area contributed by atoms with Gasteiger partial charge in [-0.3, -0.25) is 14.5 Å². The third kappa shape index (κ3) is 4.19. The Morgan fingerprint density at radius 1 is 1.14 bits per heavy atom. The molecule has 1 aliphatic heterocycles. The van der Waals surface area contributed by atoms with Crippen molar-refractivity contribution in [2.45, 2.75) is 30.6 Å². The fourth-order valence-corrected chi connectivity index (χ4v) is 4.51. The molecule has 1 heterocycles. The summed E-state index contributed by atoms with van der Waals surface area (Å²) in [6.45, 7) is 0. The number of anilines is 1. The van der Waals surface area contributed by atoms with Crippen LogP contribution in [-0.4, -0.2) is 33.2 Å². The maximum atomic E-state index is 12.9. The highest BCUT2D eigenvalue weighted by molar-refractivity contribution is 8.15. The maximum absolute atomic E-state index is 12.9. The highest BCUT2D eigenvalue weighted by Crippen LogP contribution is 2.39. The Hall–Kier alpha value is -2.02. The van der Waals surface area contributed by atoms with Gasteiger partial charge in [0, 0.05) is 12.5 Å². The molecule has 144 valence electrons. The van der Waals surface area contributed by atoms with Crippen molar-refractivity contribution in [2.24, 2.45) is 4.99 Å². The van der Waals surface area contributed by atoms with E-state index in [1.807, 2.05) is 30.3 Å². The van der Waals surface area contributed by atoms with E-state index in [0.717, 1.165) is 18.5 Å². The van der Waals surface area contributed by atoms with E-state index in [2.05, 4.69) is 10.3 Å². The van der Waals surface area contributed by atoms with Crippen LogP contribution in [0.1, 0.15) is 19.3 Å². The third-order valence-electron chi connectivity index (χ3n) is 4.46. The number of benzene rings is 2. The van der Waals surface area contributed by atoms with E-state index in [9.17, 15) is 9.59 Å². The molecule has 0 radical (unpaired) electrons. The van der Waals surface area contributed by atoms with Crippen molar-refractivity contribution in [3.8, 4) is 0 Å². The average Bonchev–Trinajstić information content (AvgIpc) is 3.46. The van der Waals surface area contributed by atoms with Crippen molar-refractivity contribution in [3.05, 3.63) is 58.6 Å². The average molecular weight is 434 g/mol. The first kappa shape index (κ1) is 19.3. The Balaban J connectivity index is 1.49. The lowest BCUT2D eigenvalue weighted by Crippen LogP contribution is -2.35. The molecule has 1 saturated carbocycles. The molecular formula is C20H17Cl2N3O2S. The molecule has 2 aromatic rings. The summed E-state index contributed by atoms with van der Waals surface area (Å²) in [6, 6.07) is 14.7. The molecule has 2 amide bonds. The number of nitrogens with one attached hydrogen (secondary N) is 1. The molecule has 2 aliphatic rings. The minimum atomic E-state index is -0.499. The summed E-state index contributed by atoms with van der Waals surface area (Å²) in [5, 5.41) is 3.56. The monoisotopic (exact) mass is 433 g/mol.